The number of nitriles is 1. The number of likely N-dealkylation sites (N-methyl/N-ethyl adjacent to an activating group) is 1. The van der Waals surface area contributed by atoms with E-state index >= 15 is 0 Å². The van der Waals surface area contributed by atoms with E-state index in [2.05, 4.69) is 36.8 Å². The van der Waals surface area contributed by atoms with Gasteiger partial charge in [0.2, 0.25) is 5.95 Å². The minimum atomic E-state index is -0.983. The Morgan fingerprint density at radius 1 is 1.00 bits per heavy atom. The number of urea groups is 1. The van der Waals surface area contributed by atoms with Gasteiger partial charge in [0, 0.05) is 56.4 Å². The summed E-state index contributed by atoms with van der Waals surface area (Å²) in [6.07, 6.45) is 6.82. The summed E-state index contributed by atoms with van der Waals surface area (Å²) in [6, 6.07) is 22.4. The molecular weight excluding hydrogens is 568 g/mol. The van der Waals surface area contributed by atoms with Crippen LogP contribution in [0, 0.1) is 11.3 Å². The Hall–Kier alpha value is -5.80. The number of amides is 2. The number of nitrogens with one attached hydrogen (secondary N) is 2. The maximum Gasteiger partial charge on any atom is 0.327 e. The number of hydrogen-bond donors (Lipinski definition) is 3. The number of pyridine rings is 1. The molecule has 0 aliphatic rings. The van der Waals surface area contributed by atoms with E-state index in [9.17, 15) is 15.2 Å². The fraction of sp³-hybridized carbons (Fsp3) is 0.212. The van der Waals surface area contributed by atoms with Crippen LogP contribution in [0.25, 0.3) is 11.1 Å². The van der Waals surface area contributed by atoms with Gasteiger partial charge >= 0.3 is 6.03 Å². The van der Waals surface area contributed by atoms with Crippen LogP contribution in [-0.4, -0.2) is 55.1 Å². The third kappa shape index (κ3) is 7.78. The molecule has 5 rings (SSSR count). The first-order valence-corrected chi connectivity index (χ1v) is 14.2. The van der Waals surface area contributed by atoms with Crippen molar-refractivity contribution in [1.82, 2.24) is 30.0 Å². The molecule has 0 radical (unpaired) electrons. The summed E-state index contributed by atoms with van der Waals surface area (Å²) in [5.41, 5.74) is 3.35. The Morgan fingerprint density at radius 3 is 2.38 bits per heavy atom. The van der Waals surface area contributed by atoms with Crippen molar-refractivity contribution in [2.24, 2.45) is 7.05 Å². The third-order valence-electron chi connectivity index (χ3n) is 6.76. The molecule has 12 nitrogen and oxygen atoms in total. The highest BCUT2D eigenvalue weighted by Gasteiger charge is 2.21. The molecule has 2 amide bonds. The molecule has 0 unspecified atom stereocenters. The summed E-state index contributed by atoms with van der Waals surface area (Å²) in [6.45, 7) is 4.00. The van der Waals surface area contributed by atoms with E-state index < -0.39 is 5.60 Å². The van der Waals surface area contributed by atoms with Gasteiger partial charge in [-0.25, -0.2) is 19.7 Å². The van der Waals surface area contributed by atoms with Crippen molar-refractivity contribution in [1.29, 1.82) is 5.26 Å². The van der Waals surface area contributed by atoms with E-state index in [4.69, 9.17) is 0 Å². The van der Waals surface area contributed by atoms with E-state index in [0.29, 0.717) is 35.1 Å². The van der Waals surface area contributed by atoms with E-state index in [-0.39, 0.29) is 18.5 Å². The molecule has 45 heavy (non-hydrogen) atoms. The van der Waals surface area contributed by atoms with Gasteiger partial charge in [-0.3, -0.25) is 4.68 Å². The van der Waals surface area contributed by atoms with Crippen LogP contribution in [0.4, 0.5) is 33.8 Å². The number of nitrogens with zero attached hydrogens (tertiary/aromatic N) is 8. The van der Waals surface area contributed by atoms with Crippen molar-refractivity contribution in [3.05, 3.63) is 103 Å². The van der Waals surface area contributed by atoms with Crippen LogP contribution in [0.15, 0.2) is 91.5 Å². The van der Waals surface area contributed by atoms with Crippen LogP contribution in [0.3, 0.4) is 0 Å². The first-order valence-electron chi connectivity index (χ1n) is 14.2. The highest BCUT2D eigenvalue weighted by atomic mass is 16.3. The first-order chi connectivity index (χ1) is 21.6. The second-order valence-electron chi connectivity index (χ2n) is 11.2. The van der Waals surface area contributed by atoms with E-state index in [1.807, 2.05) is 49.6 Å². The monoisotopic (exact) mass is 602 g/mol. The lowest BCUT2D eigenvalue weighted by atomic mass is 10.1. The largest absolute Gasteiger partial charge is 0.389 e. The number of hydrogen-bond acceptors (Lipinski definition) is 9. The minimum Gasteiger partial charge on any atom is -0.389 e. The zero-order valence-corrected chi connectivity index (χ0v) is 25.5. The fourth-order valence-corrected chi connectivity index (χ4v) is 4.75. The molecule has 2 aromatic carbocycles. The quantitative estimate of drug-likeness (QED) is 0.198. The second-order valence-corrected chi connectivity index (χ2v) is 11.2. The van der Waals surface area contributed by atoms with Crippen molar-refractivity contribution in [3.63, 3.8) is 0 Å². The summed E-state index contributed by atoms with van der Waals surface area (Å²) < 4.78 is 1.72. The maximum absolute atomic E-state index is 13.6. The zero-order chi connectivity index (χ0) is 32.0. The molecule has 3 aromatic heterocycles. The SMILES string of the molecule is CN(CC(C)(C)O)c1nc(Nc2ccc(N(C(=O)NCc3ccccc3)c3ccc(-c4cnn(C)c4)cn3)cc2)ncc1C#N. The molecule has 0 saturated carbocycles. The van der Waals surface area contributed by atoms with E-state index in [1.165, 1.54) is 11.1 Å². The Bertz CT molecular complexity index is 1790. The predicted octanol–water partition coefficient (Wildman–Crippen LogP) is 5.14. The van der Waals surface area contributed by atoms with Crippen LogP contribution >= 0.6 is 0 Å². The molecule has 0 aliphatic carbocycles. The Labute approximate surface area is 261 Å². The topological polar surface area (TPSA) is 148 Å². The molecule has 0 saturated heterocycles. The van der Waals surface area contributed by atoms with Crippen molar-refractivity contribution in [2.45, 2.75) is 26.0 Å². The van der Waals surface area contributed by atoms with Gasteiger partial charge in [-0.15, -0.1) is 0 Å². The normalized spacial score (nSPS) is 11.0. The number of carbonyl (C=O) groups excluding carboxylic acids is 1. The fourth-order valence-electron chi connectivity index (χ4n) is 4.75. The number of aryl methyl sites for hydroxylation is 1. The minimum absolute atomic E-state index is 0.270. The third-order valence-corrected chi connectivity index (χ3v) is 6.76. The van der Waals surface area contributed by atoms with Crippen molar-refractivity contribution >= 4 is 35.0 Å². The summed E-state index contributed by atoms with van der Waals surface area (Å²) in [5, 5.41) is 30.2. The molecule has 3 heterocycles. The van der Waals surface area contributed by atoms with Crippen LogP contribution in [0.1, 0.15) is 25.0 Å². The second kappa shape index (κ2) is 13.2. The average molecular weight is 603 g/mol. The van der Waals surface area contributed by atoms with Gasteiger partial charge in [0.05, 0.1) is 23.7 Å². The number of carbonyl (C=O) groups is 1. The standard InChI is InChI=1S/C33H34N10O2/c1-33(2,45)22-41(3)30-25(16-34)19-36-31(40-30)39-27-11-13-28(14-12-27)43(32(44)37-17-23-8-6-5-7-9-23)29-15-10-24(18-35-29)26-20-38-42(4)21-26/h5-15,18-21,45H,17,22H2,1-4H3,(H,37,44)(H,36,39,40). The van der Waals surface area contributed by atoms with E-state index in [0.717, 1.165) is 16.7 Å². The van der Waals surface area contributed by atoms with Crippen molar-refractivity contribution in [2.75, 3.05) is 28.7 Å². The number of rotatable bonds is 10. The molecule has 0 aliphatic heterocycles. The van der Waals surface area contributed by atoms with Crippen LogP contribution in [0.2, 0.25) is 0 Å². The molecule has 228 valence electrons. The van der Waals surface area contributed by atoms with Crippen molar-refractivity contribution in [3.8, 4) is 17.2 Å². The Kier molecular flexibility index (Phi) is 9.01. The average Bonchev–Trinajstić information content (AvgIpc) is 3.47. The van der Waals surface area contributed by atoms with Gasteiger partial charge in [-0.05, 0) is 55.8 Å². The van der Waals surface area contributed by atoms with Gasteiger partial charge in [-0.2, -0.15) is 15.3 Å². The lowest BCUT2D eigenvalue weighted by molar-refractivity contribution is 0.0884. The molecule has 12 heteroatoms. The summed E-state index contributed by atoms with van der Waals surface area (Å²) in [7, 11) is 3.61. The van der Waals surface area contributed by atoms with Gasteiger partial charge < -0.3 is 20.6 Å². The molecular formula is C33H34N10O2. The highest BCUT2D eigenvalue weighted by Crippen LogP contribution is 2.29. The van der Waals surface area contributed by atoms with Gasteiger partial charge in [0.25, 0.3) is 0 Å². The number of anilines is 5. The predicted molar refractivity (Wildman–Crippen MR) is 173 cm³/mol. The zero-order valence-electron chi connectivity index (χ0n) is 25.5. The maximum atomic E-state index is 13.6. The van der Waals surface area contributed by atoms with Crippen LogP contribution < -0.4 is 20.4 Å². The molecule has 0 spiro atoms. The molecule has 0 bridgehead atoms. The summed E-state index contributed by atoms with van der Waals surface area (Å²) in [5.74, 6) is 1.13. The summed E-state index contributed by atoms with van der Waals surface area (Å²) in [4.78, 5) is 30.2. The Morgan fingerprint density at radius 2 is 1.76 bits per heavy atom. The smallest absolute Gasteiger partial charge is 0.327 e. The Balaban J connectivity index is 1.39. The number of aromatic nitrogens is 5. The van der Waals surface area contributed by atoms with Gasteiger partial charge in [0.1, 0.15) is 17.5 Å². The molecule has 5 aromatic rings. The lowest BCUT2D eigenvalue weighted by Gasteiger charge is -2.27. The van der Waals surface area contributed by atoms with Crippen LogP contribution in [0.5, 0.6) is 0 Å². The summed E-state index contributed by atoms with van der Waals surface area (Å²) >= 11 is 0. The van der Waals surface area contributed by atoms with Gasteiger partial charge in [-0.1, -0.05) is 30.3 Å². The van der Waals surface area contributed by atoms with Gasteiger partial charge in [0.15, 0.2) is 5.82 Å². The molecule has 0 atom stereocenters. The van der Waals surface area contributed by atoms with Crippen molar-refractivity contribution < 1.29 is 9.90 Å². The first kappa shape index (κ1) is 30.7. The molecule has 0 fully saturated rings. The number of aliphatic hydroxyl groups is 1. The lowest BCUT2D eigenvalue weighted by Crippen LogP contribution is -2.37. The van der Waals surface area contributed by atoms with E-state index in [1.54, 1.807) is 73.2 Å². The highest BCUT2D eigenvalue weighted by molar-refractivity contribution is 5.98. The van der Waals surface area contributed by atoms with Crippen LogP contribution in [-0.2, 0) is 13.6 Å². The number of benzene rings is 2. The molecule has 3 N–H and O–H groups in total.